The van der Waals surface area contributed by atoms with Crippen LogP contribution < -0.4 is 0 Å². The van der Waals surface area contributed by atoms with E-state index in [1.165, 1.54) is 20.0 Å². The second kappa shape index (κ2) is 9.64. The maximum atomic E-state index is 12.6. The van der Waals surface area contributed by atoms with Crippen molar-refractivity contribution in [2.75, 3.05) is 33.3 Å². The van der Waals surface area contributed by atoms with Gasteiger partial charge in [0.2, 0.25) is 5.91 Å². The first-order valence-electron chi connectivity index (χ1n) is 8.40. The van der Waals surface area contributed by atoms with Crippen molar-refractivity contribution < 1.29 is 14.3 Å². The number of hydrogen-bond donors (Lipinski definition) is 0. The van der Waals surface area contributed by atoms with Crippen LogP contribution in [0.1, 0.15) is 31.2 Å². The molecular formula is C18H25ClN2O3. The van der Waals surface area contributed by atoms with Crippen LogP contribution in [-0.2, 0) is 20.9 Å². The number of benzene rings is 1. The first kappa shape index (κ1) is 18.7. The van der Waals surface area contributed by atoms with Crippen LogP contribution in [0, 0.1) is 0 Å². The molecule has 1 amide bonds. The third-order valence-electron chi connectivity index (χ3n) is 4.25. The van der Waals surface area contributed by atoms with Crippen molar-refractivity contribution >= 4 is 23.5 Å². The van der Waals surface area contributed by atoms with E-state index in [9.17, 15) is 9.59 Å². The summed E-state index contributed by atoms with van der Waals surface area (Å²) in [6, 6.07) is 7.47. The number of amides is 1. The molecule has 1 saturated heterocycles. The van der Waals surface area contributed by atoms with Gasteiger partial charge >= 0.3 is 5.97 Å². The number of likely N-dealkylation sites (tertiary alicyclic amines) is 1. The molecule has 1 aromatic carbocycles. The van der Waals surface area contributed by atoms with E-state index < -0.39 is 0 Å². The van der Waals surface area contributed by atoms with Crippen LogP contribution in [0.5, 0.6) is 0 Å². The van der Waals surface area contributed by atoms with E-state index in [1.54, 1.807) is 4.90 Å². The standard InChI is InChI=1S/C18H25ClN2O3/c1-24-18(23)14-20(12-15-8-4-5-9-16(15)19)13-17(22)21-10-6-2-3-7-11-21/h4-5,8-9H,2-3,6-7,10-14H2,1H3. The Labute approximate surface area is 148 Å². The van der Waals surface area contributed by atoms with Gasteiger partial charge in [0.25, 0.3) is 0 Å². The van der Waals surface area contributed by atoms with Gasteiger partial charge < -0.3 is 9.64 Å². The Morgan fingerprint density at radius 3 is 2.42 bits per heavy atom. The molecule has 132 valence electrons. The number of ether oxygens (including phenoxy) is 1. The monoisotopic (exact) mass is 352 g/mol. The lowest BCUT2D eigenvalue weighted by molar-refractivity contribution is -0.143. The lowest BCUT2D eigenvalue weighted by Gasteiger charge is -2.26. The summed E-state index contributed by atoms with van der Waals surface area (Å²) in [6.45, 7) is 2.31. The fourth-order valence-corrected chi connectivity index (χ4v) is 3.09. The summed E-state index contributed by atoms with van der Waals surface area (Å²) in [5, 5.41) is 0.634. The van der Waals surface area contributed by atoms with Crippen molar-refractivity contribution in [1.82, 2.24) is 9.80 Å². The number of methoxy groups -OCH3 is 1. The van der Waals surface area contributed by atoms with E-state index in [0.29, 0.717) is 11.6 Å². The molecule has 0 N–H and O–H groups in total. The van der Waals surface area contributed by atoms with E-state index >= 15 is 0 Å². The van der Waals surface area contributed by atoms with Crippen LogP contribution in [0.3, 0.4) is 0 Å². The lowest BCUT2D eigenvalue weighted by atomic mass is 10.2. The zero-order chi connectivity index (χ0) is 17.4. The Morgan fingerprint density at radius 2 is 1.79 bits per heavy atom. The summed E-state index contributed by atoms with van der Waals surface area (Å²) >= 11 is 6.21. The molecule has 0 radical (unpaired) electrons. The Balaban J connectivity index is 2.03. The molecule has 1 aliphatic heterocycles. The van der Waals surface area contributed by atoms with E-state index in [1.807, 2.05) is 29.2 Å². The van der Waals surface area contributed by atoms with Gasteiger partial charge in [-0.3, -0.25) is 14.5 Å². The fourth-order valence-electron chi connectivity index (χ4n) is 2.89. The average Bonchev–Trinajstić information content (AvgIpc) is 2.86. The van der Waals surface area contributed by atoms with Crippen molar-refractivity contribution in [2.45, 2.75) is 32.2 Å². The molecule has 2 rings (SSSR count). The molecule has 1 fully saturated rings. The van der Waals surface area contributed by atoms with Crippen LogP contribution in [0.25, 0.3) is 0 Å². The van der Waals surface area contributed by atoms with Crippen molar-refractivity contribution in [3.63, 3.8) is 0 Å². The minimum absolute atomic E-state index is 0.0628. The second-order valence-corrected chi connectivity index (χ2v) is 6.51. The molecule has 0 aromatic heterocycles. The van der Waals surface area contributed by atoms with E-state index in [4.69, 9.17) is 16.3 Å². The molecule has 0 saturated carbocycles. The summed E-state index contributed by atoms with van der Waals surface area (Å²) < 4.78 is 4.76. The topological polar surface area (TPSA) is 49.9 Å². The van der Waals surface area contributed by atoms with E-state index in [-0.39, 0.29) is 25.0 Å². The normalized spacial score (nSPS) is 15.2. The molecule has 24 heavy (non-hydrogen) atoms. The molecule has 0 atom stereocenters. The van der Waals surface area contributed by atoms with Crippen LogP contribution in [0.2, 0.25) is 5.02 Å². The maximum absolute atomic E-state index is 12.6. The van der Waals surface area contributed by atoms with Crippen molar-refractivity contribution in [1.29, 1.82) is 0 Å². The quantitative estimate of drug-likeness (QED) is 0.739. The first-order valence-corrected chi connectivity index (χ1v) is 8.78. The van der Waals surface area contributed by atoms with E-state index in [0.717, 1.165) is 31.5 Å². The highest BCUT2D eigenvalue weighted by Gasteiger charge is 2.21. The Morgan fingerprint density at radius 1 is 1.12 bits per heavy atom. The summed E-state index contributed by atoms with van der Waals surface area (Å²) in [5.74, 6) is -0.293. The van der Waals surface area contributed by atoms with Gasteiger partial charge in [0, 0.05) is 24.7 Å². The number of halogens is 1. The summed E-state index contributed by atoms with van der Waals surface area (Å²) in [6.07, 6.45) is 4.45. The van der Waals surface area contributed by atoms with Crippen LogP contribution >= 0.6 is 11.6 Å². The Hall–Kier alpha value is -1.59. The predicted octanol–water partition coefficient (Wildman–Crippen LogP) is 2.72. The molecule has 0 aliphatic carbocycles. The molecule has 1 heterocycles. The molecule has 0 bridgehead atoms. The molecule has 5 nitrogen and oxygen atoms in total. The fraction of sp³-hybridized carbons (Fsp3) is 0.556. The summed E-state index contributed by atoms with van der Waals surface area (Å²) in [7, 11) is 1.35. The smallest absolute Gasteiger partial charge is 0.319 e. The van der Waals surface area contributed by atoms with Gasteiger partial charge in [-0.05, 0) is 24.5 Å². The number of esters is 1. The molecule has 1 aromatic rings. The number of carbonyl (C=O) groups excluding carboxylic acids is 2. The van der Waals surface area contributed by atoms with Gasteiger partial charge in [0.1, 0.15) is 0 Å². The SMILES string of the molecule is COC(=O)CN(CC(=O)N1CCCCCC1)Cc1ccccc1Cl. The van der Waals surface area contributed by atoms with E-state index in [2.05, 4.69) is 0 Å². The Kier molecular flexibility index (Phi) is 7.53. The molecule has 6 heteroatoms. The Bertz CT molecular complexity index is 557. The zero-order valence-electron chi connectivity index (χ0n) is 14.2. The van der Waals surface area contributed by atoms with Gasteiger partial charge in [-0.2, -0.15) is 0 Å². The largest absolute Gasteiger partial charge is 0.468 e. The molecule has 1 aliphatic rings. The zero-order valence-corrected chi connectivity index (χ0v) is 14.9. The highest BCUT2D eigenvalue weighted by molar-refractivity contribution is 6.31. The summed E-state index contributed by atoms with van der Waals surface area (Å²) in [4.78, 5) is 28.0. The van der Waals surface area contributed by atoms with Gasteiger partial charge in [0.15, 0.2) is 0 Å². The van der Waals surface area contributed by atoms with Gasteiger partial charge in [-0.25, -0.2) is 0 Å². The van der Waals surface area contributed by atoms with Crippen LogP contribution in [0.4, 0.5) is 0 Å². The lowest BCUT2D eigenvalue weighted by Crippen LogP contribution is -2.42. The number of nitrogens with zero attached hydrogens (tertiary/aromatic N) is 2. The van der Waals surface area contributed by atoms with Crippen LogP contribution in [-0.4, -0.2) is 55.0 Å². The minimum Gasteiger partial charge on any atom is -0.468 e. The van der Waals surface area contributed by atoms with Gasteiger partial charge in [0.05, 0.1) is 20.2 Å². The maximum Gasteiger partial charge on any atom is 0.319 e. The number of carbonyl (C=O) groups is 2. The van der Waals surface area contributed by atoms with Crippen molar-refractivity contribution in [3.8, 4) is 0 Å². The number of rotatable bonds is 6. The van der Waals surface area contributed by atoms with Crippen LogP contribution in [0.15, 0.2) is 24.3 Å². The van der Waals surface area contributed by atoms with Gasteiger partial charge in [-0.1, -0.05) is 42.6 Å². The predicted molar refractivity (Wildman–Crippen MR) is 93.8 cm³/mol. The third-order valence-corrected chi connectivity index (χ3v) is 4.62. The third kappa shape index (κ3) is 5.80. The minimum atomic E-state index is -0.356. The van der Waals surface area contributed by atoms with Crippen molar-refractivity contribution in [2.24, 2.45) is 0 Å². The van der Waals surface area contributed by atoms with Gasteiger partial charge in [-0.15, -0.1) is 0 Å². The highest BCUT2D eigenvalue weighted by Crippen LogP contribution is 2.17. The van der Waals surface area contributed by atoms with Crippen molar-refractivity contribution in [3.05, 3.63) is 34.9 Å². The second-order valence-electron chi connectivity index (χ2n) is 6.11. The number of hydrogen-bond acceptors (Lipinski definition) is 4. The average molecular weight is 353 g/mol. The molecule has 0 spiro atoms. The highest BCUT2D eigenvalue weighted by atomic mass is 35.5. The first-order chi connectivity index (χ1) is 11.6. The summed E-state index contributed by atoms with van der Waals surface area (Å²) in [5.41, 5.74) is 0.895. The molecule has 0 unspecified atom stereocenters. The molecular weight excluding hydrogens is 328 g/mol.